The number of hydrogen-bond donors (Lipinski definition) is 1. The Labute approximate surface area is 102 Å². The summed E-state index contributed by atoms with van der Waals surface area (Å²) in [7, 11) is 1.17. The SMILES string of the molecule is COC(=O)Cc1nc(Cl)c(CN)cc1C(F)F. The summed E-state index contributed by atoms with van der Waals surface area (Å²) in [6.07, 6.45) is -3.09. The Morgan fingerprint density at radius 2 is 2.29 bits per heavy atom. The van der Waals surface area contributed by atoms with Gasteiger partial charge in [-0.3, -0.25) is 4.79 Å². The van der Waals surface area contributed by atoms with E-state index in [2.05, 4.69) is 9.72 Å². The van der Waals surface area contributed by atoms with Gasteiger partial charge in [0, 0.05) is 17.7 Å². The van der Waals surface area contributed by atoms with Crippen LogP contribution in [0.2, 0.25) is 5.15 Å². The number of ether oxygens (including phenoxy) is 1. The van der Waals surface area contributed by atoms with Gasteiger partial charge in [0.15, 0.2) is 0 Å². The highest BCUT2D eigenvalue weighted by Gasteiger charge is 2.19. The molecule has 0 saturated carbocycles. The standard InChI is InChI=1S/C10H11ClF2N2O2/c1-17-8(16)3-7-6(10(12)13)2-5(4-14)9(11)15-7/h2,10H,3-4,14H2,1H3. The molecule has 0 unspecified atom stereocenters. The van der Waals surface area contributed by atoms with E-state index < -0.39 is 12.4 Å². The van der Waals surface area contributed by atoms with E-state index >= 15 is 0 Å². The summed E-state index contributed by atoms with van der Waals surface area (Å²) in [4.78, 5) is 14.8. The number of nitrogens with two attached hydrogens (primary N) is 1. The maximum atomic E-state index is 12.8. The molecular formula is C10H11ClF2N2O2. The number of halogens is 3. The summed E-state index contributed by atoms with van der Waals surface area (Å²) in [5.74, 6) is -0.657. The minimum atomic E-state index is -2.75. The molecule has 0 saturated heterocycles. The van der Waals surface area contributed by atoms with Crippen molar-refractivity contribution < 1.29 is 18.3 Å². The lowest BCUT2D eigenvalue weighted by molar-refractivity contribution is -0.139. The molecule has 0 bridgehead atoms. The third-order valence-corrected chi connectivity index (χ3v) is 2.48. The third-order valence-electron chi connectivity index (χ3n) is 2.16. The first kappa shape index (κ1) is 13.8. The zero-order valence-electron chi connectivity index (χ0n) is 9.04. The first-order chi connectivity index (χ1) is 7.99. The van der Waals surface area contributed by atoms with Crippen LogP contribution in [0.5, 0.6) is 0 Å². The number of esters is 1. The van der Waals surface area contributed by atoms with E-state index in [1.54, 1.807) is 0 Å². The van der Waals surface area contributed by atoms with Crippen molar-refractivity contribution in [3.8, 4) is 0 Å². The van der Waals surface area contributed by atoms with Gasteiger partial charge < -0.3 is 10.5 Å². The van der Waals surface area contributed by atoms with Crippen LogP contribution in [-0.2, 0) is 22.5 Å². The van der Waals surface area contributed by atoms with E-state index in [0.717, 1.165) is 6.07 Å². The Morgan fingerprint density at radius 3 is 2.76 bits per heavy atom. The molecule has 0 amide bonds. The van der Waals surface area contributed by atoms with E-state index in [1.165, 1.54) is 7.11 Å². The van der Waals surface area contributed by atoms with Gasteiger partial charge in [-0.2, -0.15) is 0 Å². The molecule has 7 heteroatoms. The molecule has 4 nitrogen and oxygen atoms in total. The zero-order valence-corrected chi connectivity index (χ0v) is 9.80. The minimum Gasteiger partial charge on any atom is -0.469 e. The maximum absolute atomic E-state index is 12.8. The van der Waals surface area contributed by atoms with Crippen LogP contribution >= 0.6 is 11.6 Å². The number of nitrogens with zero attached hydrogens (tertiary/aromatic N) is 1. The van der Waals surface area contributed by atoms with Gasteiger partial charge >= 0.3 is 5.97 Å². The summed E-state index contributed by atoms with van der Waals surface area (Å²) >= 11 is 5.74. The molecule has 1 rings (SSSR count). The number of alkyl halides is 2. The van der Waals surface area contributed by atoms with Crippen LogP contribution in [0.25, 0.3) is 0 Å². The average Bonchev–Trinajstić information content (AvgIpc) is 2.28. The number of pyridine rings is 1. The Morgan fingerprint density at radius 1 is 1.65 bits per heavy atom. The lowest BCUT2D eigenvalue weighted by atomic mass is 10.1. The Balaban J connectivity index is 3.18. The lowest BCUT2D eigenvalue weighted by Crippen LogP contribution is -2.11. The second kappa shape index (κ2) is 5.88. The van der Waals surface area contributed by atoms with Crippen LogP contribution in [0, 0.1) is 0 Å². The fourth-order valence-electron chi connectivity index (χ4n) is 1.27. The number of rotatable bonds is 4. The van der Waals surface area contributed by atoms with Crippen LogP contribution in [0.15, 0.2) is 6.07 Å². The van der Waals surface area contributed by atoms with Gasteiger partial charge in [-0.1, -0.05) is 11.6 Å². The average molecular weight is 265 g/mol. The number of hydrogen-bond acceptors (Lipinski definition) is 4. The second-order valence-corrected chi connectivity index (χ2v) is 3.59. The summed E-state index contributed by atoms with van der Waals surface area (Å²) in [5, 5.41) is 0.0239. The number of aromatic nitrogens is 1. The highest BCUT2D eigenvalue weighted by molar-refractivity contribution is 6.30. The predicted molar refractivity (Wildman–Crippen MR) is 57.8 cm³/mol. The third kappa shape index (κ3) is 3.34. The van der Waals surface area contributed by atoms with Gasteiger partial charge in [0.05, 0.1) is 19.2 Å². The van der Waals surface area contributed by atoms with Crippen molar-refractivity contribution in [1.29, 1.82) is 0 Å². The molecule has 1 aromatic heterocycles. The summed E-state index contributed by atoms with van der Waals surface area (Å²) < 4.78 is 29.9. The maximum Gasteiger partial charge on any atom is 0.311 e. The van der Waals surface area contributed by atoms with Crippen molar-refractivity contribution in [1.82, 2.24) is 4.98 Å². The fourth-order valence-corrected chi connectivity index (χ4v) is 1.50. The summed E-state index contributed by atoms with van der Waals surface area (Å²) in [6, 6.07) is 1.16. The highest BCUT2D eigenvalue weighted by Crippen LogP contribution is 2.26. The molecule has 0 radical (unpaired) electrons. The molecule has 0 atom stereocenters. The first-order valence-electron chi connectivity index (χ1n) is 4.72. The van der Waals surface area contributed by atoms with Crippen molar-refractivity contribution in [3.05, 3.63) is 28.0 Å². The zero-order chi connectivity index (χ0) is 13.0. The molecular weight excluding hydrogens is 254 g/mol. The van der Waals surface area contributed by atoms with E-state index in [1.807, 2.05) is 0 Å². The largest absolute Gasteiger partial charge is 0.469 e. The molecule has 0 spiro atoms. The fraction of sp³-hybridized carbons (Fsp3) is 0.400. The number of methoxy groups -OCH3 is 1. The quantitative estimate of drug-likeness (QED) is 0.666. The van der Waals surface area contributed by atoms with Crippen LogP contribution in [0.4, 0.5) is 8.78 Å². The molecule has 1 heterocycles. The normalized spacial score (nSPS) is 10.7. The molecule has 94 valence electrons. The van der Waals surface area contributed by atoms with Crippen LogP contribution in [0.1, 0.15) is 23.2 Å². The summed E-state index contributed by atoms with van der Waals surface area (Å²) in [5.41, 5.74) is 5.22. The van der Waals surface area contributed by atoms with Gasteiger partial charge in [0.1, 0.15) is 5.15 Å². The van der Waals surface area contributed by atoms with E-state index in [9.17, 15) is 13.6 Å². The van der Waals surface area contributed by atoms with Crippen molar-refractivity contribution >= 4 is 17.6 Å². The molecule has 1 aromatic rings. The van der Waals surface area contributed by atoms with E-state index in [0.29, 0.717) is 5.56 Å². The first-order valence-corrected chi connectivity index (χ1v) is 5.10. The predicted octanol–water partition coefficient (Wildman–Crippen LogP) is 1.85. The van der Waals surface area contributed by atoms with Gasteiger partial charge in [0.2, 0.25) is 0 Å². The van der Waals surface area contributed by atoms with E-state index in [4.69, 9.17) is 17.3 Å². The number of carbonyl (C=O) groups is 1. The molecule has 0 aliphatic carbocycles. The Kier molecular flexibility index (Phi) is 4.77. The Bertz CT molecular complexity index is 427. The smallest absolute Gasteiger partial charge is 0.311 e. The van der Waals surface area contributed by atoms with Gasteiger partial charge in [0.25, 0.3) is 6.43 Å². The van der Waals surface area contributed by atoms with Crippen molar-refractivity contribution in [2.45, 2.75) is 19.4 Å². The highest BCUT2D eigenvalue weighted by atomic mass is 35.5. The van der Waals surface area contributed by atoms with Gasteiger partial charge in [-0.05, 0) is 6.07 Å². The van der Waals surface area contributed by atoms with Crippen LogP contribution in [-0.4, -0.2) is 18.1 Å². The minimum absolute atomic E-state index is 0.00403. The lowest BCUT2D eigenvalue weighted by Gasteiger charge is -2.10. The Hall–Kier alpha value is -1.27. The van der Waals surface area contributed by atoms with E-state index in [-0.39, 0.29) is 29.4 Å². The summed E-state index contributed by atoms with van der Waals surface area (Å²) in [6.45, 7) is 0.00403. The molecule has 0 fully saturated rings. The molecule has 0 aromatic carbocycles. The number of carbonyl (C=O) groups excluding carboxylic acids is 1. The van der Waals surface area contributed by atoms with Crippen LogP contribution < -0.4 is 5.73 Å². The van der Waals surface area contributed by atoms with Gasteiger partial charge in [-0.15, -0.1) is 0 Å². The second-order valence-electron chi connectivity index (χ2n) is 3.23. The molecule has 0 aliphatic heterocycles. The van der Waals surface area contributed by atoms with Crippen molar-refractivity contribution in [3.63, 3.8) is 0 Å². The van der Waals surface area contributed by atoms with Gasteiger partial charge in [-0.25, -0.2) is 13.8 Å². The monoisotopic (exact) mass is 264 g/mol. The van der Waals surface area contributed by atoms with Crippen molar-refractivity contribution in [2.24, 2.45) is 5.73 Å². The van der Waals surface area contributed by atoms with Crippen molar-refractivity contribution in [2.75, 3.05) is 7.11 Å². The molecule has 17 heavy (non-hydrogen) atoms. The topological polar surface area (TPSA) is 65.2 Å². The molecule has 0 aliphatic rings. The van der Waals surface area contributed by atoms with Crippen LogP contribution in [0.3, 0.4) is 0 Å². The molecule has 2 N–H and O–H groups in total.